The Morgan fingerprint density at radius 1 is 1.42 bits per heavy atom. The van der Waals surface area contributed by atoms with Gasteiger partial charge in [0.15, 0.2) is 0 Å². The van der Waals surface area contributed by atoms with Gasteiger partial charge in [-0.25, -0.2) is 4.98 Å². The Morgan fingerprint density at radius 2 is 2.17 bits per heavy atom. The number of nitrogens with zero attached hydrogens (tertiary/aromatic N) is 2. The molecule has 2 aromatic rings. The second kappa shape index (κ2) is 2.85. The Kier molecular flexibility index (Phi) is 1.96. The predicted molar refractivity (Wildman–Crippen MR) is 55.3 cm³/mol. The van der Waals surface area contributed by atoms with E-state index in [0.717, 1.165) is 20.4 Å². The van der Waals surface area contributed by atoms with Crippen LogP contribution in [0.5, 0.6) is 0 Å². The van der Waals surface area contributed by atoms with Crippen molar-refractivity contribution in [3.8, 4) is 0 Å². The number of hydrogen-bond donors (Lipinski definition) is 0. The first-order valence-electron chi connectivity index (χ1n) is 3.49. The van der Waals surface area contributed by atoms with E-state index in [-0.39, 0.29) is 0 Å². The van der Waals surface area contributed by atoms with Crippen LogP contribution < -0.4 is 0 Å². The highest BCUT2D eigenvalue weighted by Gasteiger charge is 2.07. The molecule has 0 bridgehead atoms. The van der Waals surface area contributed by atoms with Crippen LogP contribution in [-0.2, 0) is 0 Å². The molecule has 0 spiro atoms. The first kappa shape index (κ1) is 8.26. The van der Waals surface area contributed by atoms with Gasteiger partial charge in [-0.15, -0.1) is 0 Å². The van der Waals surface area contributed by atoms with Gasteiger partial charge in [0.1, 0.15) is 10.4 Å². The van der Waals surface area contributed by atoms with Gasteiger partial charge in [0.2, 0.25) is 0 Å². The SMILES string of the molecule is Cc1nc(Br)c2c(Br)cccn12. The lowest BCUT2D eigenvalue weighted by Crippen LogP contribution is -1.86. The molecule has 0 aliphatic rings. The van der Waals surface area contributed by atoms with Crippen molar-refractivity contribution in [3.05, 3.63) is 33.2 Å². The Bertz CT molecular complexity index is 434. The summed E-state index contributed by atoms with van der Waals surface area (Å²) in [5.41, 5.74) is 1.08. The van der Waals surface area contributed by atoms with Gasteiger partial charge in [-0.05, 0) is 50.9 Å². The van der Waals surface area contributed by atoms with Gasteiger partial charge in [0.05, 0.1) is 5.52 Å². The first-order chi connectivity index (χ1) is 5.70. The van der Waals surface area contributed by atoms with Gasteiger partial charge >= 0.3 is 0 Å². The first-order valence-corrected chi connectivity index (χ1v) is 5.07. The zero-order valence-electron chi connectivity index (χ0n) is 6.38. The number of fused-ring (bicyclic) bond motifs is 1. The van der Waals surface area contributed by atoms with Gasteiger partial charge < -0.3 is 4.40 Å². The van der Waals surface area contributed by atoms with Crippen molar-refractivity contribution in [2.45, 2.75) is 6.92 Å². The molecule has 2 heterocycles. The molecule has 0 fully saturated rings. The minimum absolute atomic E-state index is 0.882. The summed E-state index contributed by atoms with van der Waals surface area (Å²) < 4.78 is 3.97. The zero-order chi connectivity index (χ0) is 8.72. The number of aromatic nitrogens is 2. The molecule has 12 heavy (non-hydrogen) atoms. The van der Waals surface area contributed by atoms with Gasteiger partial charge in [0, 0.05) is 10.7 Å². The summed E-state index contributed by atoms with van der Waals surface area (Å²) >= 11 is 6.88. The molecule has 4 heteroatoms. The Labute approximate surface area is 86.9 Å². The second-order valence-electron chi connectivity index (χ2n) is 2.52. The smallest absolute Gasteiger partial charge is 0.133 e. The van der Waals surface area contributed by atoms with Gasteiger partial charge in [-0.3, -0.25) is 0 Å². The maximum absolute atomic E-state index is 4.30. The molecule has 0 aliphatic heterocycles. The number of imidazole rings is 1. The van der Waals surface area contributed by atoms with Crippen molar-refractivity contribution in [1.82, 2.24) is 9.38 Å². The van der Waals surface area contributed by atoms with Gasteiger partial charge in [-0.2, -0.15) is 0 Å². The highest BCUT2D eigenvalue weighted by Crippen LogP contribution is 2.25. The van der Waals surface area contributed by atoms with E-state index in [1.54, 1.807) is 0 Å². The summed E-state index contributed by atoms with van der Waals surface area (Å²) in [5, 5.41) is 0. The molecule has 62 valence electrons. The van der Waals surface area contributed by atoms with Crippen molar-refractivity contribution in [1.29, 1.82) is 0 Å². The monoisotopic (exact) mass is 288 g/mol. The number of halogens is 2. The average Bonchev–Trinajstić information content (AvgIpc) is 2.29. The van der Waals surface area contributed by atoms with E-state index in [2.05, 4.69) is 36.8 Å². The third-order valence-corrected chi connectivity index (χ3v) is 2.94. The third-order valence-electron chi connectivity index (χ3n) is 1.75. The van der Waals surface area contributed by atoms with Crippen LogP contribution in [0.4, 0.5) is 0 Å². The summed E-state index contributed by atoms with van der Waals surface area (Å²) in [4.78, 5) is 4.30. The summed E-state index contributed by atoms with van der Waals surface area (Å²) in [7, 11) is 0. The molecule has 0 saturated carbocycles. The van der Waals surface area contributed by atoms with Crippen LogP contribution in [0, 0.1) is 6.92 Å². The molecule has 0 radical (unpaired) electrons. The minimum atomic E-state index is 0.882. The van der Waals surface area contributed by atoms with Gasteiger partial charge in [-0.1, -0.05) is 0 Å². The maximum atomic E-state index is 4.30. The molecule has 0 aromatic carbocycles. The number of pyridine rings is 1. The molecule has 2 nitrogen and oxygen atoms in total. The van der Waals surface area contributed by atoms with Crippen LogP contribution in [-0.4, -0.2) is 9.38 Å². The van der Waals surface area contributed by atoms with Crippen LogP contribution in [0.15, 0.2) is 27.4 Å². The minimum Gasteiger partial charge on any atom is -0.302 e. The van der Waals surface area contributed by atoms with E-state index in [1.165, 1.54) is 0 Å². The molecular weight excluding hydrogens is 284 g/mol. The summed E-state index contributed by atoms with van der Waals surface area (Å²) in [6, 6.07) is 3.99. The highest BCUT2D eigenvalue weighted by atomic mass is 79.9. The van der Waals surface area contributed by atoms with E-state index in [4.69, 9.17) is 0 Å². The molecule has 0 unspecified atom stereocenters. The Hall–Kier alpha value is -0.350. The lowest BCUT2D eigenvalue weighted by atomic mass is 10.4. The fourth-order valence-electron chi connectivity index (χ4n) is 1.20. The summed E-state index contributed by atoms with van der Waals surface area (Å²) in [6.07, 6.45) is 1.99. The molecule has 0 aliphatic carbocycles. The van der Waals surface area contributed by atoms with Crippen LogP contribution in [0.1, 0.15) is 5.82 Å². The average molecular weight is 290 g/mol. The second-order valence-corrected chi connectivity index (χ2v) is 4.13. The van der Waals surface area contributed by atoms with Crippen LogP contribution >= 0.6 is 31.9 Å². The van der Waals surface area contributed by atoms with Crippen LogP contribution in [0.25, 0.3) is 5.52 Å². The van der Waals surface area contributed by atoms with E-state index in [9.17, 15) is 0 Å². The summed E-state index contributed by atoms with van der Waals surface area (Å²) in [5.74, 6) is 0.984. The number of rotatable bonds is 0. The summed E-state index contributed by atoms with van der Waals surface area (Å²) in [6.45, 7) is 1.98. The lowest BCUT2D eigenvalue weighted by molar-refractivity contribution is 1.04. The van der Waals surface area contributed by atoms with E-state index >= 15 is 0 Å². The number of aryl methyl sites for hydroxylation is 1. The predicted octanol–water partition coefficient (Wildman–Crippen LogP) is 3.17. The lowest BCUT2D eigenvalue weighted by Gasteiger charge is -1.96. The van der Waals surface area contributed by atoms with E-state index in [0.29, 0.717) is 0 Å². The standard InChI is InChI=1S/C8H6Br2N2/c1-5-11-8(10)7-6(9)3-2-4-12(5)7/h2-4H,1H3. The zero-order valence-corrected chi connectivity index (χ0v) is 9.55. The fraction of sp³-hybridized carbons (Fsp3) is 0.125. The molecule has 0 saturated heterocycles. The van der Waals surface area contributed by atoms with Crippen molar-refractivity contribution in [2.24, 2.45) is 0 Å². The molecule has 0 amide bonds. The van der Waals surface area contributed by atoms with Gasteiger partial charge in [0.25, 0.3) is 0 Å². The van der Waals surface area contributed by atoms with Crippen molar-refractivity contribution in [3.63, 3.8) is 0 Å². The van der Waals surface area contributed by atoms with Crippen molar-refractivity contribution >= 4 is 37.4 Å². The van der Waals surface area contributed by atoms with Crippen molar-refractivity contribution in [2.75, 3.05) is 0 Å². The van der Waals surface area contributed by atoms with Crippen LogP contribution in [0.3, 0.4) is 0 Å². The maximum Gasteiger partial charge on any atom is 0.133 e. The molecule has 2 aromatic heterocycles. The molecular formula is C8H6Br2N2. The topological polar surface area (TPSA) is 17.3 Å². The van der Waals surface area contributed by atoms with Crippen LogP contribution in [0.2, 0.25) is 0 Å². The third kappa shape index (κ3) is 1.10. The normalized spacial score (nSPS) is 10.9. The fourth-order valence-corrected chi connectivity index (χ4v) is 2.66. The molecule has 2 rings (SSSR count). The molecule has 0 atom stereocenters. The van der Waals surface area contributed by atoms with E-state index in [1.807, 2.05) is 29.7 Å². The van der Waals surface area contributed by atoms with Crippen molar-refractivity contribution < 1.29 is 0 Å². The largest absolute Gasteiger partial charge is 0.302 e. The Morgan fingerprint density at radius 3 is 2.83 bits per heavy atom. The Balaban J connectivity index is 2.99. The van der Waals surface area contributed by atoms with E-state index < -0.39 is 0 Å². The quantitative estimate of drug-likeness (QED) is 0.728. The molecule has 0 N–H and O–H groups in total. The highest BCUT2D eigenvalue weighted by molar-refractivity contribution is 9.11. The number of hydrogen-bond acceptors (Lipinski definition) is 1.